The molecule has 94 valence electrons. The number of nitrogens with zero attached hydrogens (tertiary/aromatic N) is 2. The maximum Gasteiger partial charge on any atom is 0.290 e. The molecule has 1 aromatic rings. The minimum absolute atomic E-state index is 0.0585. The van der Waals surface area contributed by atoms with Gasteiger partial charge in [0, 0.05) is 12.1 Å². The van der Waals surface area contributed by atoms with Crippen LogP contribution in [0.4, 0.5) is 11.5 Å². The van der Waals surface area contributed by atoms with Crippen LogP contribution in [0.25, 0.3) is 0 Å². The van der Waals surface area contributed by atoms with Crippen molar-refractivity contribution in [1.29, 1.82) is 0 Å². The Morgan fingerprint density at radius 2 is 2.24 bits per heavy atom. The van der Waals surface area contributed by atoms with Crippen molar-refractivity contribution in [2.45, 2.75) is 20.3 Å². The summed E-state index contributed by atoms with van der Waals surface area (Å²) in [6.07, 6.45) is 2.29. The van der Waals surface area contributed by atoms with Crippen molar-refractivity contribution in [3.8, 4) is 0 Å². The van der Waals surface area contributed by atoms with Gasteiger partial charge in [0.1, 0.15) is 12.0 Å². The summed E-state index contributed by atoms with van der Waals surface area (Å²) in [5, 5.41) is 17.0. The smallest absolute Gasteiger partial charge is 0.290 e. The highest BCUT2D eigenvalue weighted by atomic mass is 16.6. The van der Waals surface area contributed by atoms with Crippen molar-refractivity contribution in [2.75, 3.05) is 25.0 Å². The normalized spacial score (nSPS) is 10.2. The molecule has 0 atom stereocenters. The van der Waals surface area contributed by atoms with Gasteiger partial charge in [0.05, 0.1) is 4.92 Å². The van der Waals surface area contributed by atoms with Crippen LogP contribution >= 0.6 is 0 Å². The summed E-state index contributed by atoms with van der Waals surface area (Å²) >= 11 is 0. The van der Waals surface area contributed by atoms with Gasteiger partial charge < -0.3 is 10.6 Å². The number of hydrogen-bond acceptors (Lipinski definition) is 5. The number of pyridine rings is 1. The third-order valence-corrected chi connectivity index (χ3v) is 2.37. The lowest BCUT2D eigenvalue weighted by Gasteiger charge is -2.06. The zero-order valence-electron chi connectivity index (χ0n) is 10.2. The Morgan fingerprint density at radius 1 is 1.47 bits per heavy atom. The van der Waals surface area contributed by atoms with Gasteiger partial charge in [-0.3, -0.25) is 10.1 Å². The summed E-state index contributed by atoms with van der Waals surface area (Å²) in [6, 6.07) is 1.70. The molecular formula is C11H18N4O2. The zero-order valence-corrected chi connectivity index (χ0v) is 10.2. The third-order valence-electron chi connectivity index (χ3n) is 2.37. The number of aromatic nitrogens is 1. The molecule has 17 heavy (non-hydrogen) atoms. The molecule has 6 nitrogen and oxygen atoms in total. The largest absolute Gasteiger partial charge is 0.370 e. The van der Waals surface area contributed by atoms with Crippen LogP contribution in [-0.4, -0.2) is 29.5 Å². The van der Waals surface area contributed by atoms with E-state index in [4.69, 9.17) is 0 Å². The first-order valence-corrected chi connectivity index (χ1v) is 5.70. The van der Waals surface area contributed by atoms with E-state index in [9.17, 15) is 10.1 Å². The van der Waals surface area contributed by atoms with Crippen molar-refractivity contribution in [1.82, 2.24) is 10.3 Å². The molecule has 0 unspecified atom stereocenters. The molecule has 1 rings (SSSR count). The molecule has 0 aromatic carbocycles. The Kier molecular flexibility index (Phi) is 5.35. The molecule has 1 aromatic heterocycles. The molecule has 2 N–H and O–H groups in total. The molecule has 0 aliphatic heterocycles. The first-order valence-electron chi connectivity index (χ1n) is 5.70. The average molecular weight is 238 g/mol. The van der Waals surface area contributed by atoms with E-state index in [1.807, 2.05) is 0 Å². The highest BCUT2D eigenvalue weighted by molar-refractivity contribution is 5.46. The molecule has 0 aliphatic carbocycles. The SMILES string of the molecule is CCNCCCNc1cc(C)c([N+](=O)[O-])cn1. The molecule has 0 bridgehead atoms. The fourth-order valence-corrected chi connectivity index (χ4v) is 1.44. The first-order chi connectivity index (χ1) is 8.15. The van der Waals surface area contributed by atoms with Gasteiger partial charge in [0.15, 0.2) is 0 Å². The van der Waals surface area contributed by atoms with Crippen LogP contribution in [0.1, 0.15) is 18.9 Å². The van der Waals surface area contributed by atoms with Gasteiger partial charge in [-0.05, 0) is 32.5 Å². The zero-order chi connectivity index (χ0) is 12.7. The maximum absolute atomic E-state index is 10.6. The number of nitro groups is 1. The second-order valence-corrected chi connectivity index (χ2v) is 3.75. The summed E-state index contributed by atoms with van der Waals surface area (Å²) < 4.78 is 0. The van der Waals surface area contributed by atoms with E-state index in [1.54, 1.807) is 13.0 Å². The first kappa shape index (κ1) is 13.4. The van der Waals surface area contributed by atoms with Gasteiger partial charge >= 0.3 is 0 Å². The molecule has 0 fully saturated rings. The van der Waals surface area contributed by atoms with Crippen LogP contribution in [0.2, 0.25) is 0 Å². The standard InChI is InChI=1S/C11H18N4O2/c1-3-12-5-4-6-13-11-7-9(2)10(8-14-11)15(16)17/h7-8,12H,3-6H2,1-2H3,(H,13,14). The Labute approximate surface area is 101 Å². The second kappa shape index (κ2) is 6.80. The highest BCUT2D eigenvalue weighted by Crippen LogP contribution is 2.18. The van der Waals surface area contributed by atoms with Gasteiger partial charge in [-0.25, -0.2) is 4.98 Å². The van der Waals surface area contributed by atoms with Gasteiger partial charge in [-0.15, -0.1) is 0 Å². The highest BCUT2D eigenvalue weighted by Gasteiger charge is 2.10. The molecule has 1 heterocycles. The summed E-state index contributed by atoms with van der Waals surface area (Å²) in [7, 11) is 0. The Bertz CT molecular complexity index is 382. The lowest BCUT2D eigenvalue weighted by Crippen LogP contribution is -2.17. The topological polar surface area (TPSA) is 80.1 Å². The Balaban J connectivity index is 2.45. The molecular weight excluding hydrogens is 220 g/mol. The fraction of sp³-hybridized carbons (Fsp3) is 0.545. The van der Waals surface area contributed by atoms with E-state index in [1.165, 1.54) is 6.20 Å². The van der Waals surface area contributed by atoms with Gasteiger partial charge in [0.25, 0.3) is 5.69 Å². The van der Waals surface area contributed by atoms with E-state index in [0.717, 1.165) is 26.1 Å². The Hall–Kier alpha value is -1.69. The fourth-order valence-electron chi connectivity index (χ4n) is 1.44. The van der Waals surface area contributed by atoms with Crippen LogP contribution in [-0.2, 0) is 0 Å². The number of hydrogen-bond donors (Lipinski definition) is 2. The van der Waals surface area contributed by atoms with Crippen molar-refractivity contribution >= 4 is 11.5 Å². The predicted molar refractivity (Wildman–Crippen MR) is 67.3 cm³/mol. The van der Waals surface area contributed by atoms with Crippen LogP contribution in [0.15, 0.2) is 12.3 Å². The van der Waals surface area contributed by atoms with Crippen LogP contribution in [0.3, 0.4) is 0 Å². The van der Waals surface area contributed by atoms with Gasteiger partial charge in [0.2, 0.25) is 0 Å². The monoisotopic (exact) mass is 238 g/mol. The van der Waals surface area contributed by atoms with Crippen molar-refractivity contribution < 1.29 is 4.92 Å². The number of rotatable bonds is 7. The number of aryl methyl sites for hydroxylation is 1. The molecule has 0 saturated heterocycles. The van der Waals surface area contributed by atoms with Crippen LogP contribution in [0, 0.1) is 17.0 Å². The molecule has 0 saturated carbocycles. The third kappa shape index (κ3) is 4.36. The maximum atomic E-state index is 10.6. The summed E-state index contributed by atoms with van der Waals surface area (Å²) in [4.78, 5) is 14.2. The Morgan fingerprint density at radius 3 is 2.82 bits per heavy atom. The quantitative estimate of drug-likeness (QED) is 0.429. The average Bonchev–Trinajstić information content (AvgIpc) is 2.28. The molecule has 0 aliphatic rings. The van der Waals surface area contributed by atoms with Gasteiger partial charge in [-0.2, -0.15) is 0 Å². The molecule has 6 heteroatoms. The number of anilines is 1. The minimum atomic E-state index is -0.419. The van der Waals surface area contributed by atoms with Crippen molar-refractivity contribution in [3.05, 3.63) is 27.9 Å². The van der Waals surface area contributed by atoms with E-state index in [0.29, 0.717) is 11.4 Å². The molecule has 0 spiro atoms. The molecule has 0 amide bonds. The summed E-state index contributed by atoms with van der Waals surface area (Å²) in [5.74, 6) is 0.685. The van der Waals surface area contributed by atoms with Crippen LogP contribution < -0.4 is 10.6 Å². The van der Waals surface area contributed by atoms with Crippen molar-refractivity contribution in [2.24, 2.45) is 0 Å². The van der Waals surface area contributed by atoms with E-state index in [-0.39, 0.29) is 5.69 Å². The van der Waals surface area contributed by atoms with Crippen LogP contribution in [0.5, 0.6) is 0 Å². The summed E-state index contributed by atoms with van der Waals surface area (Å²) in [5.41, 5.74) is 0.683. The molecule has 0 radical (unpaired) electrons. The lowest BCUT2D eigenvalue weighted by molar-refractivity contribution is -0.385. The minimum Gasteiger partial charge on any atom is -0.370 e. The van der Waals surface area contributed by atoms with Crippen molar-refractivity contribution in [3.63, 3.8) is 0 Å². The summed E-state index contributed by atoms with van der Waals surface area (Å²) in [6.45, 7) is 6.50. The van der Waals surface area contributed by atoms with E-state index >= 15 is 0 Å². The lowest BCUT2D eigenvalue weighted by atomic mass is 10.2. The van der Waals surface area contributed by atoms with E-state index < -0.39 is 4.92 Å². The second-order valence-electron chi connectivity index (χ2n) is 3.75. The number of nitrogens with one attached hydrogen (secondary N) is 2. The predicted octanol–water partition coefficient (Wildman–Crippen LogP) is 1.71. The van der Waals surface area contributed by atoms with Gasteiger partial charge in [-0.1, -0.05) is 6.92 Å². The van der Waals surface area contributed by atoms with E-state index in [2.05, 4.69) is 22.5 Å².